The highest BCUT2D eigenvalue weighted by Crippen LogP contribution is 2.26. The molecule has 2 aromatic rings. The van der Waals surface area contributed by atoms with E-state index in [0.717, 1.165) is 16.7 Å². The van der Waals surface area contributed by atoms with Crippen molar-refractivity contribution >= 4 is 29.3 Å². The van der Waals surface area contributed by atoms with Crippen LogP contribution < -0.4 is 5.32 Å². The molecule has 1 amide bonds. The molecule has 0 saturated heterocycles. The average Bonchev–Trinajstić information content (AvgIpc) is 2.86. The van der Waals surface area contributed by atoms with Gasteiger partial charge >= 0.3 is 0 Å². The fourth-order valence-electron chi connectivity index (χ4n) is 2.02. The number of carbonyl (C=O) groups is 1. The fourth-order valence-corrected chi connectivity index (χ4v) is 2.02. The number of halogens is 1. The van der Waals surface area contributed by atoms with Gasteiger partial charge in [-0.2, -0.15) is 0 Å². The van der Waals surface area contributed by atoms with E-state index in [1.54, 1.807) is 4.90 Å². The smallest absolute Gasteiger partial charge is 0.224 e. The minimum absolute atomic E-state index is 0. The van der Waals surface area contributed by atoms with Crippen molar-refractivity contribution in [3.8, 4) is 0 Å². The number of carbonyl (C=O) groups excluding carboxylic acids is 1. The zero-order valence-electron chi connectivity index (χ0n) is 12.1. The van der Waals surface area contributed by atoms with Gasteiger partial charge in [-0.05, 0) is 26.1 Å². The van der Waals surface area contributed by atoms with Crippen LogP contribution in [0.25, 0.3) is 11.0 Å². The van der Waals surface area contributed by atoms with Crippen LogP contribution in [0.15, 0.2) is 34.7 Å². The van der Waals surface area contributed by atoms with Gasteiger partial charge in [-0.25, -0.2) is 0 Å². The van der Waals surface area contributed by atoms with Gasteiger partial charge in [0.1, 0.15) is 11.3 Å². The Bertz CT molecular complexity index is 535. The second-order valence-electron chi connectivity index (χ2n) is 4.72. The predicted octanol–water partition coefficient (Wildman–Crippen LogP) is 2.98. The van der Waals surface area contributed by atoms with Crippen molar-refractivity contribution in [2.24, 2.45) is 0 Å². The van der Waals surface area contributed by atoms with Crippen molar-refractivity contribution < 1.29 is 9.21 Å². The predicted molar refractivity (Wildman–Crippen MR) is 83.2 cm³/mol. The summed E-state index contributed by atoms with van der Waals surface area (Å²) >= 11 is 0. The Morgan fingerprint density at radius 3 is 2.75 bits per heavy atom. The first-order valence-corrected chi connectivity index (χ1v) is 6.52. The molecule has 1 aromatic heterocycles. The number of fused-ring (bicyclic) bond motifs is 1. The number of hydrogen-bond donors (Lipinski definition) is 1. The molecule has 1 N–H and O–H groups in total. The van der Waals surface area contributed by atoms with E-state index in [-0.39, 0.29) is 24.4 Å². The highest BCUT2D eigenvalue weighted by atomic mass is 35.5. The van der Waals surface area contributed by atoms with Crippen LogP contribution in [0.1, 0.15) is 25.1 Å². The maximum absolute atomic E-state index is 12.0. The molecular weight excluding hydrogens is 276 g/mol. The number of rotatable bonds is 5. The number of benzene rings is 1. The Hall–Kier alpha value is -1.52. The molecule has 0 fully saturated rings. The lowest BCUT2D eigenvalue weighted by molar-refractivity contribution is -0.132. The van der Waals surface area contributed by atoms with Crippen LogP contribution in [0, 0.1) is 0 Å². The summed E-state index contributed by atoms with van der Waals surface area (Å²) in [5.74, 6) is 0.934. The maximum Gasteiger partial charge on any atom is 0.224 e. The summed E-state index contributed by atoms with van der Waals surface area (Å²) in [6.45, 7) is 2.67. The molecule has 0 radical (unpaired) electrons. The van der Waals surface area contributed by atoms with E-state index in [2.05, 4.69) is 5.32 Å². The minimum Gasteiger partial charge on any atom is -0.459 e. The molecule has 4 nitrogen and oxygen atoms in total. The van der Waals surface area contributed by atoms with Crippen molar-refractivity contribution in [2.75, 3.05) is 20.6 Å². The first kappa shape index (κ1) is 16.5. The monoisotopic (exact) mass is 296 g/mol. The van der Waals surface area contributed by atoms with E-state index in [0.29, 0.717) is 13.0 Å². The molecule has 1 unspecified atom stereocenters. The number of furan rings is 1. The number of para-hydroxylation sites is 1. The van der Waals surface area contributed by atoms with Gasteiger partial charge < -0.3 is 14.6 Å². The Labute approximate surface area is 125 Å². The van der Waals surface area contributed by atoms with Crippen molar-refractivity contribution in [3.63, 3.8) is 0 Å². The topological polar surface area (TPSA) is 45.5 Å². The normalized spacial score (nSPS) is 11.9. The van der Waals surface area contributed by atoms with Gasteiger partial charge in [-0.15, -0.1) is 12.4 Å². The Morgan fingerprint density at radius 2 is 2.10 bits per heavy atom. The number of nitrogens with one attached hydrogen (secondary N) is 1. The molecule has 1 heterocycles. The van der Waals surface area contributed by atoms with Crippen LogP contribution in [0.2, 0.25) is 0 Å². The third-order valence-corrected chi connectivity index (χ3v) is 3.42. The van der Waals surface area contributed by atoms with E-state index in [9.17, 15) is 4.79 Å². The van der Waals surface area contributed by atoms with Crippen LogP contribution in [0.5, 0.6) is 0 Å². The van der Waals surface area contributed by atoms with Gasteiger partial charge in [0, 0.05) is 25.4 Å². The quantitative estimate of drug-likeness (QED) is 0.922. The van der Waals surface area contributed by atoms with Crippen LogP contribution in [0.4, 0.5) is 0 Å². The molecule has 20 heavy (non-hydrogen) atoms. The summed E-state index contributed by atoms with van der Waals surface area (Å²) in [6.07, 6.45) is 0.498. The van der Waals surface area contributed by atoms with Crippen LogP contribution in [-0.4, -0.2) is 31.4 Å². The molecule has 0 spiro atoms. The lowest BCUT2D eigenvalue weighted by atomic mass is 10.2. The molecule has 0 aliphatic heterocycles. The Balaban J connectivity index is 0.00000200. The molecule has 0 saturated carbocycles. The highest BCUT2D eigenvalue weighted by Gasteiger charge is 2.20. The molecular formula is C15H21ClN2O2. The molecule has 0 aliphatic rings. The largest absolute Gasteiger partial charge is 0.459 e. The van der Waals surface area contributed by atoms with Crippen molar-refractivity contribution in [1.29, 1.82) is 0 Å². The fraction of sp³-hybridized carbons (Fsp3) is 0.400. The Kier molecular flexibility index (Phi) is 6.05. The average molecular weight is 297 g/mol. The van der Waals surface area contributed by atoms with Crippen molar-refractivity contribution in [2.45, 2.75) is 19.4 Å². The van der Waals surface area contributed by atoms with Gasteiger partial charge in [0.25, 0.3) is 0 Å². The van der Waals surface area contributed by atoms with Crippen molar-refractivity contribution in [1.82, 2.24) is 10.2 Å². The lowest BCUT2D eigenvalue weighted by Crippen LogP contribution is -2.31. The third kappa shape index (κ3) is 3.52. The van der Waals surface area contributed by atoms with Crippen LogP contribution in [0.3, 0.4) is 0 Å². The molecule has 0 bridgehead atoms. The maximum atomic E-state index is 12.0. The second-order valence-corrected chi connectivity index (χ2v) is 4.72. The molecule has 5 heteroatoms. The zero-order chi connectivity index (χ0) is 13.8. The standard InChI is InChI=1S/C15H20N2O2.ClH/c1-11(17(3)15(18)8-9-16-2)14-10-12-6-4-5-7-13(12)19-14;/h4-7,10-11,16H,8-9H2,1-3H3;1H. The van der Waals surface area contributed by atoms with Gasteiger partial charge in [0.2, 0.25) is 5.91 Å². The van der Waals surface area contributed by atoms with Gasteiger partial charge in [-0.3, -0.25) is 4.79 Å². The second kappa shape index (κ2) is 7.31. The summed E-state index contributed by atoms with van der Waals surface area (Å²) in [7, 11) is 3.66. The van der Waals surface area contributed by atoms with E-state index in [1.165, 1.54) is 0 Å². The summed E-state index contributed by atoms with van der Waals surface area (Å²) < 4.78 is 5.80. The summed E-state index contributed by atoms with van der Waals surface area (Å²) in [5.41, 5.74) is 0.862. The van der Waals surface area contributed by atoms with Crippen molar-refractivity contribution in [3.05, 3.63) is 36.1 Å². The third-order valence-electron chi connectivity index (χ3n) is 3.42. The van der Waals surface area contributed by atoms with Gasteiger partial charge in [-0.1, -0.05) is 18.2 Å². The van der Waals surface area contributed by atoms with Gasteiger partial charge in [0.15, 0.2) is 0 Å². The molecule has 110 valence electrons. The first-order chi connectivity index (χ1) is 9.13. The molecule has 0 aliphatic carbocycles. The summed E-state index contributed by atoms with van der Waals surface area (Å²) in [4.78, 5) is 13.7. The SMILES string of the molecule is CNCCC(=O)N(C)C(C)c1cc2ccccc2o1.Cl. The number of nitrogens with zero attached hydrogens (tertiary/aromatic N) is 1. The minimum atomic E-state index is -0.0586. The number of amides is 1. The van der Waals surface area contributed by atoms with E-state index >= 15 is 0 Å². The van der Waals surface area contributed by atoms with E-state index in [4.69, 9.17) is 4.42 Å². The zero-order valence-corrected chi connectivity index (χ0v) is 12.9. The van der Waals surface area contributed by atoms with Gasteiger partial charge in [0.05, 0.1) is 6.04 Å². The Morgan fingerprint density at radius 1 is 1.40 bits per heavy atom. The molecule has 1 aromatic carbocycles. The highest BCUT2D eigenvalue weighted by molar-refractivity contribution is 5.85. The molecule has 1 atom stereocenters. The lowest BCUT2D eigenvalue weighted by Gasteiger charge is -2.23. The summed E-state index contributed by atoms with van der Waals surface area (Å²) in [5, 5.41) is 4.05. The first-order valence-electron chi connectivity index (χ1n) is 6.52. The van der Waals surface area contributed by atoms with E-state index < -0.39 is 0 Å². The number of hydrogen-bond acceptors (Lipinski definition) is 3. The van der Waals surface area contributed by atoms with Crippen LogP contribution in [-0.2, 0) is 4.79 Å². The molecule has 2 rings (SSSR count). The van der Waals surface area contributed by atoms with E-state index in [1.807, 2.05) is 51.4 Å². The van der Waals surface area contributed by atoms with Crippen LogP contribution >= 0.6 is 12.4 Å². The summed E-state index contributed by atoms with van der Waals surface area (Å²) in [6, 6.07) is 9.82.